The van der Waals surface area contributed by atoms with Crippen molar-refractivity contribution in [2.24, 2.45) is 0 Å². The standard InChI is InChI=1S/C13H19NO3S/c1-17-11-4-6-13(7-5-11)18(15,16)12-3-2-9-14-10-8-12/h4-7,12,14H,2-3,8-10H2,1H3. The Kier molecular flexibility index (Phi) is 4.24. The van der Waals surface area contributed by atoms with Crippen molar-refractivity contribution in [3.63, 3.8) is 0 Å². The number of benzene rings is 1. The molecule has 5 heteroatoms. The summed E-state index contributed by atoms with van der Waals surface area (Å²) < 4.78 is 30.0. The summed E-state index contributed by atoms with van der Waals surface area (Å²) in [5.74, 6) is 0.677. The van der Waals surface area contributed by atoms with Crippen molar-refractivity contribution >= 4 is 9.84 Å². The molecule has 4 nitrogen and oxygen atoms in total. The van der Waals surface area contributed by atoms with Crippen molar-refractivity contribution in [1.82, 2.24) is 5.32 Å². The van der Waals surface area contributed by atoms with E-state index in [-0.39, 0.29) is 5.25 Å². The molecule has 0 aromatic heterocycles. The lowest BCUT2D eigenvalue weighted by molar-refractivity contribution is 0.414. The van der Waals surface area contributed by atoms with E-state index in [0.717, 1.165) is 25.9 Å². The first-order valence-corrected chi connectivity index (χ1v) is 7.78. The molecule has 1 fully saturated rings. The number of rotatable bonds is 3. The van der Waals surface area contributed by atoms with E-state index in [9.17, 15) is 8.42 Å². The molecule has 0 bridgehead atoms. The zero-order chi connectivity index (χ0) is 13.0. The Labute approximate surface area is 108 Å². The van der Waals surface area contributed by atoms with Crippen LogP contribution in [0.25, 0.3) is 0 Å². The Hall–Kier alpha value is -1.07. The summed E-state index contributed by atoms with van der Waals surface area (Å²) in [7, 11) is -1.64. The summed E-state index contributed by atoms with van der Waals surface area (Å²) in [5.41, 5.74) is 0. The molecule has 0 amide bonds. The molecule has 1 atom stereocenters. The summed E-state index contributed by atoms with van der Waals surface area (Å²) in [6.07, 6.45) is 2.34. The predicted molar refractivity (Wildman–Crippen MR) is 70.7 cm³/mol. The molecule has 1 aromatic rings. The summed E-state index contributed by atoms with van der Waals surface area (Å²) in [4.78, 5) is 0.398. The van der Waals surface area contributed by atoms with Crippen LogP contribution in [0, 0.1) is 0 Å². The quantitative estimate of drug-likeness (QED) is 0.906. The molecule has 18 heavy (non-hydrogen) atoms. The van der Waals surface area contributed by atoms with Gasteiger partial charge in [0.05, 0.1) is 17.3 Å². The second-order valence-electron chi connectivity index (χ2n) is 4.52. The number of nitrogens with one attached hydrogen (secondary N) is 1. The second-order valence-corrected chi connectivity index (χ2v) is 6.75. The summed E-state index contributed by atoms with van der Waals surface area (Å²) in [6.45, 7) is 1.69. The molecular weight excluding hydrogens is 250 g/mol. The van der Waals surface area contributed by atoms with E-state index >= 15 is 0 Å². The molecule has 100 valence electrons. The SMILES string of the molecule is COc1ccc(S(=O)(=O)C2CCCNCC2)cc1. The predicted octanol–water partition coefficient (Wildman–Crippen LogP) is 1.61. The Bertz CT molecular complexity index is 473. The molecule has 1 saturated heterocycles. The Morgan fingerprint density at radius 1 is 1.17 bits per heavy atom. The highest BCUT2D eigenvalue weighted by Gasteiger charge is 2.27. The van der Waals surface area contributed by atoms with Crippen LogP contribution in [0.1, 0.15) is 19.3 Å². The summed E-state index contributed by atoms with van der Waals surface area (Å²) in [5, 5.41) is 2.97. The second kappa shape index (κ2) is 5.71. The largest absolute Gasteiger partial charge is 0.497 e. The topological polar surface area (TPSA) is 55.4 Å². The first-order valence-electron chi connectivity index (χ1n) is 6.23. The van der Waals surface area contributed by atoms with Gasteiger partial charge in [-0.1, -0.05) is 0 Å². The zero-order valence-electron chi connectivity index (χ0n) is 10.6. The van der Waals surface area contributed by atoms with Crippen LogP contribution < -0.4 is 10.1 Å². The average molecular weight is 269 g/mol. The summed E-state index contributed by atoms with van der Waals surface area (Å²) in [6, 6.07) is 6.66. The van der Waals surface area contributed by atoms with Crippen molar-refractivity contribution in [3.8, 4) is 5.75 Å². The van der Waals surface area contributed by atoms with Gasteiger partial charge >= 0.3 is 0 Å². The lowest BCUT2D eigenvalue weighted by atomic mass is 10.2. The van der Waals surface area contributed by atoms with Crippen molar-refractivity contribution < 1.29 is 13.2 Å². The van der Waals surface area contributed by atoms with Crippen LogP contribution in [-0.2, 0) is 9.84 Å². The van der Waals surface area contributed by atoms with Gasteiger partial charge in [0.25, 0.3) is 0 Å². The Balaban J connectivity index is 2.22. The minimum Gasteiger partial charge on any atom is -0.497 e. The monoisotopic (exact) mass is 269 g/mol. The highest BCUT2D eigenvalue weighted by molar-refractivity contribution is 7.92. The maximum Gasteiger partial charge on any atom is 0.181 e. The van der Waals surface area contributed by atoms with Gasteiger partial charge in [-0.15, -0.1) is 0 Å². The number of ether oxygens (including phenoxy) is 1. The molecule has 1 aliphatic rings. The molecule has 1 aromatic carbocycles. The molecule has 0 saturated carbocycles. The first-order chi connectivity index (χ1) is 8.64. The molecule has 0 aliphatic carbocycles. The van der Waals surface area contributed by atoms with E-state index in [1.807, 2.05) is 0 Å². The third-order valence-corrected chi connectivity index (χ3v) is 5.63. The average Bonchev–Trinajstić information content (AvgIpc) is 2.68. The van der Waals surface area contributed by atoms with Gasteiger partial charge in [0.15, 0.2) is 9.84 Å². The summed E-state index contributed by atoms with van der Waals surface area (Å²) >= 11 is 0. The maximum atomic E-state index is 12.5. The van der Waals surface area contributed by atoms with E-state index in [2.05, 4.69) is 5.32 Å². The zero-order valence-corrected chi connectivity index (χ0v) is 11.4. The molecule has 2 rings (SSSR count). The van der Waals surface area contributed by atoms with E-state index in [0.29, 0.717) is 17.1 Å². The van der Waals surface area contributed by atoms with Gasteiger partial charge in [0.1, 0.15) is 5.75 Å². The van der Waals surface area contributed by atoms with Gasteiger partial charge in [0, 0.05) is 0 Å². The number of methoxy groups -OCH3 is 1. The van der Waals surface area contributed by atoms with E-state index < -0.39 is 9.84 Å². The van der Waals surface area contributed by atoms with Crippen molar-refractivity contribution in [1.29, 1.82) is 0 Å². The van der Waals surface area contributed by atoms with Gasteiger partial charge in [0.2, 0.25) is 0 Å². The van der Waals surface area contributed by atoms with Crippen LogP contribution in [0.4, 0.5) is 0 Å². The fraction of sp³-hybridized carbons (Fsp3) is 0.538. The van der Waals surface area contributed by atoms with Crippen LogP contribution in [0.15, 0.2) is 29.2 Å². The third kappa shape index (κ3) is 2.84. The van der Waals surface area contributed by atoms with Gasteiger partial charge < -0.3 is 10.1 Å². The molecule has 1 aliphatic heterocycles. The van der Waals surface area contributed by atoms with Crippen LogP contribution in [0.3, 0.4) is 0 Å². The Morgan fingerprint density at radius 2 is 1.89 bits per heavy atom. The highest BCUT2D eigenvalue weighted by Crippen LogP contribution is 2.24. The van der Waals surface area contributed by atoms with Gasteiger partial charge in [-0.3, -0.25) is 0 Å². The van der Waals surface area contributed by atoms with Crippen LogP contribution in [0.2, 0.25) is 0 Å². The smallest absolute Gasteiger partial charge is 0.181 e. The molecule has 1 heterocycles. The number of hydrogen-bond donors (Lipinski definition) is 1. The number of sulfone groups is 1. The maximum absolute atomic E-state index is 12.5. The third-order valence-electron chi connectivity index (χ3n) is 3.35. The van der Waals surface area contributed by atoms with E-state index in [1.165, 1.54) is 0 Å². The lowest BCUT2D eigenvalue weighted by Gasteiger charge is -2.15. The van der Waals surface area contributed by atoms with Crippen molar-refractivity contribution in [3.05, 3.63) is 24.3 Å². The number of hydrogen-bond acceptors (Lipinski definition) is 4. The molecule has 1 N–H and O–H groups in total. The molecule has 1 unspecified atom stereocenters. The first kappa shape index (κ1) is 13.4. The minimum absolute atomic E-state index is 0.263. The van der Waals surface area contributed by atoms with Crippen molar-refractivity contribution in [2.75, 3.05) is 20.2 Å². The fourth-order valence-corrected chi connectivity index (χ4v) is 4.06. The van der Waals surface area contributed by atoms with Crippen LogP contribution in [0.5, 0.6) is 5.75 Å². The van der Waals surface area contributed by atoms with Gasteiger partial charge in [-0.25, -0.2) is 8.42 Å². The van der Waals surface area contributed by atoms with E-state index in [4.69, 9.17) is 4.74 Å². The molecule has 0 spiro atoms. The van der Waals surface area contributed by atoms with Gasteiger partial charge in [-0.05, 0) is 56.6 Å². The van der Waals surface area contributed by atoms with Crippen LogP contribution in [-0.4, -0.2) is 33.9 Å². The minimum atomic E-state index is -3.21. The highest BCUT2D eigenvalue weighted by atomic mass is 32.2. The van der Waals surface area contributed by atoms with Gasteiger partial charge in [-0.2, -0.15) is 0 Å². The molecule has 0 radical (unpaired) electrons. The normalized spacial score (nSPS) is 21.3. The van der Waals surface area contributed by atoms with Crippen LogP contribution >= 0.6 is 0 Å². The fourth-order valence-electron chi connectivity index (χ4n) is 2.26. The van der Waals surface area contributed by atoms with Crippen molar-refractivity contribution in [2.45, 2.75) is 29.4 Å². The molecular formula is C13H19NO3S. The van der Waals surface area contributed by atoms with E-state index in [1.54, 1.807) is 31.4 Å². The lowest BCUT2D eigenvalue weighted by Crippen LogP contribution is -2.23. The Morgan fingerprint density at radius 3 is 2.56 bits per heavy atom.